The van der Waals surface area contributed by atoms with Crippen molar-refractivity contribution in [3.63, 3.8) is 0 Å². The second-order valence-electron chi connectivity index (χ2n) is 6.78. The molecule has 2 aromatic heterocycles. The maximum atomic E-state index is 10.1. The van der Waals surface area contributed by atoms with Crippen molar-refractivity contribution < 1.29 is 5.11 Å². The summed E-state index contributed by atoms with van der Waals surface area (Å²) in [6.45, 7) is 6.03. The van der Waals surface area contributed by atoms with E-state index in [4.69, 9.17) is 4.98 Å². The van der Waals surface area contributed by atoms with Gasteiger partial charge in [-0.3, -0.25) is 4.40 Å². The monoisotopic (exact) mass is 356 g/mol. The van der Waals surface area contributed by atoms with Gasteiger partial charge >= 0.3 is 0 Å². The standard InChI is InChI=1S/C22H20N4O/c1-14-4-8-17(9-5-14)21-22(26-13-16(3)7-11-20(26)23-21)25-24-18-12-15(2)6-10-19(18)27/h4-13,27H,1-3H3. The van der Waals surface area contributed by atoms with E-state index in [0.717, 1.165) is 28.0 Å². The van der Waals surface area contributed by atoms with E-state index in [1.54, 1.807) is 12.1 Å². The number of aromatic nitrogens is 2. The first-order valence-electron chi connectivity index (χ1n) is 8.78. The van der Waals surface area contributed by atoms with Crippen LogP contribution >= 0.6 is 0 Å². The lowest BCUT2D eigenvalue weighted by atomic mass is 10.1. The Kier molecular flexibility index (Phi) is 4.20. The summed E-state index contributed by atoms with van der Waals surface area (Å²) >= 11 is 0. The number of pyridine rings is 1. The van der Waals surface area contributed by atoms with Crippen LogP contribution in [0.4, 0.5) is 11.5 Å². The molecule has 0 bridgehead atoms. The minimum Gasteiger partial charge on any atom is -0.506 e. The van der Waals surface area contributed by atoms with Crippen LogP contribution in [0.25, 0.3) is 16.9 Å². The molecular weight excluding hydrogens is 336 g/mol. The summed E-state index contributed by atoms with van der Waals surface area (Å²) in [5.41, 5.74) is 6.28. The number of imidazole rings is 1. The minimum absolute atomic E-state index is 0.103. The molecule has 0 saturated heterocycles. The molecule has 0 spiro atoms. The van der Waals surface area contributed by atoms with Gasteiger partial charge in [0.2, 0.25) is 0 Å². The topological polar surface area (TPSA) is 62.2 Å². The Bertz CT molecular complexity index is 1160. The molecule has 0 unspecified atom stereocenters. The Balaban J connectivity index is 1.90. The highest BCUT2D eigenvalue weighted by atomic mass is 16.3. The third-order valence-corrected chi connectivity index (χ3v) is 4.45. The number of phenolic OH excluding ortho intramolecular Hbond substituents is 1. The predicted octanol–water partition coefficient (Wildman–Crippen LogP) is 6.05. The molecule has 2 heterocycles. The Morgan fingerprint density at radius 2 is 1.52 bits per heavy atom. The van der Waals surface area contributed by atoms with Crippen LogP contribution in [0.5, 0.6) is 5.75 Å². The van der Waals surface area contributed by atoms with Crippen molar-refractivity contribution in [2.24, 2.45) is 10.2 Å². The molecule has 5 heteroatoms. The van der Waals surface area contributed by atoms with Crippen molar-refractivity contribution in [2.45, 2.75) is 20.8 Å². The van der Waals surface area contributed by atoms with E-state index in [0.29, 0.717) is 11.5 Å². The van der Waals surface area contributed by atoms with Gasteiger partial charge in [0, 0.05) is 11.8 Å². The average molecular weight is 356 g/mol. The van der Waals surface area contributed by atoms with Crippen molar-refractivity contribution in [3.05, 3.63) is 77.5 Å². The van der Waals surface area contributed by atoms with E-state index in [1.165, 1.54) is 5.56 Å². The van der Waals surface area contributed by atoms with Crippen LogP contribution in [-0.4, -0.2) is 14.5 Å². The van der Waals surface area contributed by atoms with E-state index < -0.39 is 0 Å². The largest absolute Gasteiger partial charge is 0.506 e. The molecule has 0 aliphatic carbocycles. The molecule has 0 amide bonds. The zero-order valence-electron chi connectivity index (χ0n) is 15.5. The first-order chi connectivity index (χ1) is 13.0. The van der Waals surface area contributed by atoms with Gasteiger partial charge in [-0.15, -0.1) is 10.2 Å². The van der Waals surface area contributed by atoms with Crippen LogP contribution in [0.15, 0.2) is 71.0 Å². The first kappa shape index (κ1) is 17.0. The lowest BCUT2D eigenvalue weighted by Gasteiger charge is -2.02. The van der Waals surface area contributed by atoms with Crippen molar-refractivity contribution in [2.75, 3.05) is 0 Å². The average Bonchev–Trinajstić information content (AvgIpc) is 3.01. The Hall–Kier alpha value is -3.47. The van der Waals surface area contributed by atoms with Gasteiger partial charge in [-0.05, 0) is 50.1 Å². The molecule has 1 N–H and O–H groups in total. The highest BCUT2D eigenvalue weighted by Crippen LogP contribution is 2.34. The molecule has 0 atom stereocenters. The van der Waals surface area contributed by atoms with Gasteiger partial charge < -0.3 is 5.11 Å². The SMILES string of the molecule is Cc1ccc(-c2nc3ccc(C)cn3c2N=Nc2cc(C)ccc2O)cc1. The fourth-order valence-corrected chi connectivity index (χ4v) is 2.95. The number of rotatable bonds is 3. The molecule has 0 aliphatic heterocycles. The number of fused-ring (bicyclic) bond motifs is 1. The summed E-state index contributed by atoms with van der Waals surface area (Å²) in [5.74, 6) is 0.740. The summed E-state index contributed by atoms with van der Waals surface area (Å²) in [6.07, 6.45) is 1.99. The smallest absolute Gasteiger partial charge is 0.187 e. The molecule has 5 nitrogen and oxygen atoms in total. The highest BCUT2D eigenvalue weighted by molar-refractivity contribution is 5.74. The van der Waals surface area contributed by atoms with Gasteiger partial charge in [-0.2, -0.15) is 0 Å². The Morgan fingerprint density at radius 1 is 0.815 bits per heavy atom. The molecule has 134 valence electrons. The number of nitrogens with zero attached hydrogens (tertiary/aromatic N) is 4. The summed E-state index contributed by atoms with van der Waals surface area (Å²) in [5, 5.41) is 18.8. The number of aryl methyl sites for hydroxylation is 3. The molecule has 0 saturated carbocycles. The molecule has 27 heavy (non-hydrogen) atoms. The van der Waals surface area contributed by atoms with Gasteiger partial charge in [0.25, 0.3) is 0 Å². The highest BCUT2D eigenvalue weighted by Gasteiger charge is 2.14. The molecule has 0 radical (unpaired) electrons. The number of benzene rings is 2. The number of hydrogen-bond donors (Lipinski definition) is 1. The van der Waals surface area contributed by atoms with Gasteiger partial charge in [-0.1, -0.05) is 42.0 Å². The summed E-state index contributed by atoms with van der Waals surface area (Å²) in [7, 11) is 0. The van der Waals surface area contributed by atoms with Gasteiger partial charge in [0.15, 0.2) is 5.82 Å². The van der Waals surface area contributed by atoms with Crippen LogP contribution in [0.2, 0.25) is 0 Å². The molecular formula is C22H20N4O. The van der Waals surface area contributed by atoms with Crippen LogP contribution < -0.4 is 0 Å². The molecule has 4 rings (SSSR count). The van der Waals surface area contributed by atoms with Crippen molar-refractivity contribution >= 4 is 17.2 Å². The van der Waals surface area contributed by atoms with E-state index in [2.05, 4.69) is 29.3 Å². The van der Waals surface area contributed by atoms with Crippen molar-refractivity contribution in [1.29, 1.82) is 0 Å². The van der Waals surface area contributed by atoms with Crippen LogP contribution in [0.1, 0.15) is 16.7 Å². The maximum absolute atomic E-state index is 10.1. The zero-order chi connectivity index (χ0) is 19.0. The lowest BCUT2D eigenvalue weighted by molar-refractivity contribution is 0.476. The predicted molar refractivity (Wildman–Crippen MR) is 107 cm³/mol. The lowest BCUT2D eigenvalue weighted by Crippen LogP contribution is -1.85. The molecule has 4 aromatic rings. The minimum atomic E-state index is 0.103. The molecule has 0 aliphatic rings. The number of aromatic hydroxyl groups is 1. The summed E-state index contributed by atoms with van der Waals surface area (Å²) < 4.78 is 1.93. The zero-order valence-corrected chi connectivity index (χ0v) is 15.5. The maximum Gasteiger partial charge on any atom is 0.187 e. The van der Waals surface area contributed by atoms with Crippen molar-refractivity contribution in [1.82, 2.24) is 9.38 Å². The Morgan fingerprint density at radius 3 is 2.30 bits per heavy atom. The van der Waals surface area contributed by atoms with E-state index in [9.17, 15) is 5.11 Å². The summed E-state index contributed by atoms with van der Waals surface area (Å²) in [4.78, 5) is 4.75. The number of azo groups is 1. The van der Waals surface area contributed by atoms with Crippen LogP contribution in [-0.2, 0) is 0 Å². The second-order valence-corrected chi connectivity index (χ2v) is 6.78. The number of hydrogen-bond acceptors (Lipinski definition) is 4. The van der Waals surface area contributed by atoms with Crippen molar-refractivity contribution in [3.8, 4) is 17.0 Å². The fraction of sp³-hybridized carbons (Fsp3) is 0.136. The molecule has 2 aromatic carbocycles. The van der Waals surface area contributed by atoms with Gasteiger partial charge in [0.1, 0.15) is 22.8 Å². The Labute approximate surface area is 157 Å². The summed E-state index contributed by atoms with van der Waals surface area (Å²) in [6, 6.07) is 17.4. The van der Waals surface area contributed by atoms with E-state index >= 15 is 0 Å². The fourth-order valence-electron chi connectivity index (χ4n) is 2.95. The quantitative estimate of drug-likeness (QED) is 0.454. The van der Waals surface area contributed by atoms with Gasteiger partial charge in [0.05, 0.1) is 0 Å². The second kappa shape index (κ2) is 6.68. The third-order valence-electron chi connectivity index (χ3n) is 4.45. The van der Waals surface area contributed by atoms with E-state index in [1.807, 2.05) is 54.8 Å². The number of phenols is 1. The first-order valence-corrected chi connectivity index (χ1v) is 8.78. The molecule has 0 fully saturated rings. The van der Waals surface area contributed by atoms with E-state index in [-0.39, 0.29) is 5.75 Å². The van der Waals surface area contributed by atoms with Crippen LogP contribution in [0.3, 0.4) is 0 Å². The van der Waals surface area contributed by atoms with Gasteiger partial charge in [-0.25, -0.2) is 4.98 Å². The normalized spacial score (nSPS) is 11.5. The third kappa shape index (κ3) is 3.31. The van der Waals surface area contributed by atoms with Crippen LogP contribution in [0, 0.1) is 20.8 Å².